The average Bonchev–Trinajstić information content (AvgIpc) is 2.75. The van der Waals surface area contributed by atoms with Crippen LogP contribution < -0.4 is 5.56 Å². The quantitative estimate of drug-likeness (QED) is 0.647. The number of benzene rings is 1. The molecule has 0 aliphatic carbocycles. The van der Waals surface area contributed by atoms with E-state index < -0.39 is 11.5 Å². The van der Waals surface area contributed by atoms with Crippen LogP contribution >= 0.6 is 11.6 Å². The van der Waals surface area contributed by atoms with E-state index in [0.29, 0.717) is 16.4 Å². The van der Waals surface area contributed by atoms with E-state index in [-0.39, 0.29) is 5.78 Å². The maximum atomic E-state index is 13.8. The molecular formula is C14H11ClFN3O. The second-order valence-electron chi connectivity index (χ2n) is 4.63. The lowest BCUT2D eigenvalue weighted by Gasteiger charge is -2.09. The predicted octanol–water partition coefficient (Wildman–Crippen LogP) is 2.89. The fourth-order valence-electron chi connectivity index (χ4n) is 2.15. The molecule has 2 aromatic heterocycles. The molecular weight excluding hydrogens is 281 g/mol. The van der Waals surface area contributed by atoms with Crippen molar-refractivity contribution in [2.24, 2.45) is 0 Å². The van der Waals surface area contributed by atoms with E-state index >= 15 is 0 Å². The smallest absolute Gasteiger partial charge is 0.262 e. The van der Waals surface area contributed by atoms with Crippen molar-refractivity contribution in [1.82, 2.24) is 14.0 Å². The SMILES string of the molecule is Cc1cn2c(F)cc(=O)n(-c3ccc(Cl)c(C)c3)c2n1. The van der Waals surface area contributed by atoms with Gasteiger partial charge in [-0.05, 0) is 37.6 Å². The first-order valence-electron chi connectivity index (χ1n) is 6.01. The van der Waals surface area contributed by atoms with Crippen LogP contribution in [-0.4, -0.2) is 14.0 Å². The summed E-state index contributed by atoms with van der Waals surface area (Å²) in [5.41, 5.74) is 1.60. The van der Waals surface area contributed by atoms with Crippen LogP contribution in [0.3, 0.4) is 0 Å². The number of nitrogens with zero attached hydrogens (tertiary/aromatic N) is 3. The highest BCUT2D eigenvalue weighted by Crippen LogP contribution is 2.19. The van der Waals surface area contributed by atoms with Crippen LogP contribution in [0, 0.1) is 19.8 Å². The number of aromatic nitrogens is 3. The van der Waals surface area contributed by atoms with E-state index in [0.717, 1.165) is 11.6 Å². The van der Waals surface area contributed by atoms with Crippen LogP contribution in [0.4, 0.5) is 4.39 Å². The van der Waals surface area contributed by atoms with Gasteiger partial charge in [0.05, 0.1) is 17.4 Å². The van der Waals surface area contributed by atoms with Crippen molar-refractivity contribution in [1.29, 1.82) is 0 Å². The number of aryl methyl sites for hydroxylation is 2. The van der Waals surface area contributed by atoms with Gasteiger partial charge in [-0.15, -0.1) is 0 Å². The van der Waals surface area contributed by atoms with Gasteiger partial charge in [-0.25, -0.2) is 9.55 Å². The number of rotatable bonds is 1. The summed E-state index contributed by atoms with van der Waals surface area (Å²) in [4.78, 5) is 16.3. The lowest BCUT2D eigenvalue weighted by molar-refractivity contribution is 0.558. The first-order valence-corrected chi connectivity index (χ1v) is 6.39. The summed E-state index contributed by atoms with van der Waals surface area (Å²) in [6.07, 6.45) is 1.55. The molecule has 4 nitrogen and oxygen atoms in total. The van der Waals surface area contributed by atoms with Crippen molar-refractivity contribution in [3.8, 4) is 5.69 Å². The average molecular weight is 292 g/mol. The molecule has 0 fully saturated rings. The van der Waals surface area contributed by atoms with Crippen molar-refractivity contribution < 1.29 is 4.39 Å². The third-order valence-electron chi connectivity index (χ3n) is 3.10. The third kappa shape index (κ3) is 1.91. The summed E-state index contributed by atoms with van der Waals surface area (Å²) >= 11 is 5.99. The monoisotopic (exact) mass is 291 g/mol. The molecule has 0 aliphatic heterocycles. The summed E-state index contributed by atoms with van der Waals surface area (Å²) in [5, 5.41) is 0.611. The van der Waals surface area contributed by atoms with Gasteiger partial charge < -0.3 is 0 Å². The van der Waals surface area contributed by atoms with Crippen molar-refractivity contribution >= 4 is 17.4 Å². The number of halogens is 2. The van der Waals surface area contributed by atoms with E-state index in [1.54, 1.807) is 31.3 Å². The molecule has 0 bridgehead atoms. The summed E-state index contributed by atoms with van der Waals surface area (Å²) in [6, 6.07) is 6.12. The maximum Gasteiger partial charge on any atom is 0.262 e. The highest BCUT2D eigenvalue weighted by atomic mass is 35.5. The second-order valence-corrected chi connectivity index (χ2v) is 5.03. The summed E-state index contributed by atoms with van der Waals surface area (Å²) in [7, 11) is 0. The first-order chi connectivity index (χ1) is 9.47. The van der Waals surface area contributed by atoms with Crippen LogP contribution in [0.2, 0.25) is 5.02 Å². The van der Waals surface area contributed by atoms with Crippen molar-refractivity contribution in [3.05, 3.63) is 63.0 Å². The van der Waals surface area contributed by atoms with E-state index in [1.807, 2.05) is 6.92 Å². The van der Waals surface area contributed by atoms with Gasteiger partial charge in [0.2, 0.25) is 11.7 Å². The fraction of sp³-hybridized carbons (Fsp3) is 0.143. The minimum atomic E-state index is -0.632. The number of hydrogen-bond acceptors (Lipinski definition) is 2. The fourth-order valence-corrected chi connectivity index (χ4v) is 2.26. The van der Waals surface area contributed by atoms with Gasteiger partial charge in [0.25, 0.3) is 5.56 Å². The van der Waals surface area contributed by atoms with Crippen molar-refractivity contribution in [2.75, 3.05) is 0 Å². The Morgan fingerprint density at radius 1 is 1.25 bits per heavy atom. The molecule has 102 valence electrons. The number of imidazole rings is 1. The zero-order chi connectivity index (χ0) is 14.4. The Balaban J connectivity index is 2.40. The molecule has 2 heterocycles. The first kappa shape index (κ1) is 12.9. The van der Waals surface area contributed by atoms with Gasteiger partial charge in [-0.1, -0.05) is 11.6 Å². The van der Waals surface area contributed by atoms with Gasteiger partial charge in [0, 0.05) is 11.2 Å². The molecule has 0 radical (unpaired) electrons. The van der Waals surface area contributed by atoms with Crippen molar-refractivity contribution in [3.63, 3.8) is 0 Å². The van der Waals surface area contributed by atoms with E-state index in [2.05, 4.69) is 4.98 Å². The number of hydrogen-bond donors (Lipinski definition) is 0. The van der Waals surface area contributed by atoms with E-state index in [9.17, 15) is 9.18 Å². The van der Waals surface area contributed by atoms with Crippen LogP contribution in [-0.2, 0) is 0 Å². The van der Waals surface area contributed by atoms with Crippen LogP contribution in [0.15, 0.2) is 35.3 Å². The van der Waals surface area contributed by atoms with E-state index in [1.165, 1.54) is 8.97 Å². The molecule has 0 aliphatic rings. The molecule has 6 heteroatoms. The lowest BCUT2D eigenvalue weighted by atomic mass is 10.2. The lowest BCUT2D eigenvalue weighted by Crippen LogP contribution is -2.21. The minimum absolute atomic E-state index is 0.245. The molecule has 1 aromatic carbocycles. The molecule has 20 heavy (non-hydrogen) atoms. The highest BCUT2D eigenvalue weighted by molar-refractivity contribution is 6.31. The minimum Gasteiger partial charge on any atom is -0.269 e. The second kappa shape index (κ2) is 4.45. The molecule has 3 aromatic rings. The molecule has 3 rings (SSSR count). The highest BCUT2D eigenvalue weighted by Gasteiger charge is 2.13. The molecule has 0 N–H and O–H groups in total. The molecule has 0 saturated heterocycles. The molecule has 0 unspecified atom stereocenters. The Hall–Kier alpha value is -2.14. The molecule has 0 saturated carbocycles. The third-order valence-corrected chi connectivity index (χ3v) is 3.52. The van der Waals surface area contributed by atoms with Gasteiger partial charge >= 0.3 is 0 Å². The topological polar surface area (TPSA) is 39.3 Å². The number of fused-ring (bicyclic) bond motifs is 1. The molecule has 0 atom stereocenters. The van der Waals surface area contributed by atoms with Crippen LogP contribution in [0.5, 0.6) is 0 Å². The van der Waals surface area contributed by atoms with Gasteiger partial charge in [0.15, 0.2) is 0 Å². The Morgan fingerprint density at radius 2 is 2.00 bits per heavy atom. The zero-order valence-electron chi connectivity index (χ0n) is 10.9. The maximum absolute atomic E-state index is 13.8. The Labute approximate surface area is 119 Å². The zero-order valence-corrected chi connectivity index (χ0v) is 11.6. The predicted molar refractivity (Wildman–Crippen MR) is 75.2 cm³/mol. The summed E-state index contributed by atoms with van der Waals surface area (Å²) in [6.45, 7) is 3.59. The van der Waals surface area contributed by atoms with Gasteiger partial charge in [0.1, 0.15) is 0 Å². The van der Waals surface area contributed by atoms with Crippen LogP contribution in [0.1, 0.15) is 11.3 Å². The van der Waals surface area contributed by atoms with Gasteiger partial charge in [-0.3, -0.25) is 9.20 Å². The summed E-state index contributed by atoms with van der Waals surface area (Å²) < 4.78 is 16.4. The summed E-state index contributed by atoms with van der Waals surface area (Å²) in [5.74, 6) is -0.387. The Bertz CT molecular complexity index is 882. The normalized spacial score (nSPS) is 11.2. The molecule has 0 spiro atoms. The standard InChI is InChI=1S/C14H11ClFN3O/c1-8-5-10(3-4-11(8)15)19-13(20)6-12(16)18-7-9(2)17-14(18)19/h3-7H,1-2H3. The molecule has 0 amide bonds. The van der Waals surface area contributed by atoms with Crippen molar-refractivity contribution in [2.45, 2.75) is 13.8 Å². The Kier molecular flexibility index (Phi) is 2.87. The van der Waals surface area contributed by atoms with Gasteiger partial charge in [-0.2, -0.15) is 4.39 Å². The van der Waals surface area contributed by atoms with Crippen LogP contribution in [0.25, 0.3) is 11.5 Å². The Morgan fingerprint density at radius 3 is 2.70 bits per heavy atom. The van der Waals surface area contributed by atoms with E-state index in [4.69, 9.17) is 11.6 Å². The largest absolute Gasteiger partial charge is 0.269 e.